The van der Waals surface area contributed by atoms with Gasteiger partial charge in [-0.05, 0) is 38.2 Å². The van der Waals surface area contributed by atoms with Gasteiger partial charge in [-0.15, -0.1) is 11.3 Å². The molecule has 3 heterocycles. The molecule has 1 saturated heterocycles. The van der Waals surface area contributed by atoms with Crippen LogP contribution >= 0.6 is 11.3 Å². The van der Waals surface area contributed by atoms with Crippen LogP contribution in [0.1, 0.15) is 43.9 Å². The van der Waals surface area contributed by atoms with E-state index in [2.05, 4.69) is 58.3 Å². The van der Waals surface area contributed by atoms with Gasteiger partial charge in [0.1, 0.15) is 17.0 Å². The zero-order chi connectivity index (χ0) is 20.2. The number of anilines is 1. The fourth-order valence-electron chi connectivity index (χ4n) is 4.32. The van der Waals surface area contributed by atoms with Gasteiger partial charge < -0.3 is 10.2 Å². The van der Waals surface area contributed by atoms with Crippen molar-refractivity contribution in [1.82, 2.24) is 14.9 Å². The van der Waals surface area contributed by atoms with Gasteiger partial charge in [0, 0.05) is 36.0 Å². The number of thiophene rings is 1. The van der Waals surface area contributed by atoms with Crippen LogP contribution < -0.4 is 5.32 Å². The normalized spacial score (nSPS) is 16.9. The molecule has 1 atom stereocenters. The molecule has 0 bridgehead atoms. The predicted molar refractivity (Wildman–Crippen MR) is 120 cm³/mol. The number of aromatic nitrogens is 2. The van der Waals surface area contributed by atoms with Crippen LogP contribution in [0.2, 0.25) is 0 Å². The summed E-state index contributed by atoms with van der Waals surface area (Å²) in [6.45, 7) is 5.79. The average molecular weight is 409 g/mol. The first-order valence-corrected chi connectivity index (χ1v) is 11.3. The highest BCUT2D eigenvalue weighted by Crippen LogP contribution is 2.40. The molecular formula is C23H28N4OS. The van der Waals surface area contributed by atoms with E-state index in [1.54, 1.807) is 17.7 Å². The van der Waals surface area contributed by atoms with Crippen molar-refractivity contribution < 1.29 is 4.79 Å². The van der Waals surface area contributed by atoms with Crippen molar-refractivity contribution >= 4 is 33.3 Å². The highest BCUT2D eigenvalue weighted by Gasteiger charge is 2.25. The van der Waals surface area contributed by atoms with Crippen LogP contribution in [-0.4, -0.2) is 39.9 Å². The number of nitrogens with zero attached hydrogens (tertiary/aromatic N) is 3. The van der Waals surface area contributed by atoms with E-state index in [1.165, 1.54) is 22.4 Å². The van der Waals surface area contributed by atoms with Gasteiger partial charge in [-0.1, -0.05) is 37.3 Å². The zero-order valence-electron chi connectivity index (χ0n) is 17.1. The van der Waals surface area contributed by atoms with E-state index in [-0.39, 0.29) is 5.91 Å². The number of nitrogens with one attached hydrogen (secondary N) is 1. The summed E-state index contributed by atoms with van der Waals surface area (Å²) in [4.78, 5) is 26.0. The Labute approximate surface area is 176 Å². The van der Waals surface area contributed by atoms with E-state index in [9.17, 15) is 4.79 Å². The van der Waals surface area contributed by atoms with Crippen LogP contribution in [0.5, 0.6) is 0 Å². The first-order chi connectivity index (χ1) is 14.2. The third-order valence-corrected chi connectivity index (χ3v) is 6.79. The summed E-state index contributed by atoms with van der Waals surface area (Å²) in [5.41, 5.74) is 2.35. The first-order valence-electron chi connectivity index (χ1n) is 10.5. The van der Waals surface area contributed by atoms with Crippen molar-refractivity contribution in [2.45, 2.75) is 52.0 Å². The number of rotatable bonds is 6. The van der Waals surface area contributed by atoms with Crippen LogP contribution in [0.15, 0.2) is 36.7 Å². The SMILES string of the molecule is CCC1CCCCN1C(=O)CCNc1ncnc2sc(C)c(-c3ccccc3)c12. The summed E-state index contributed by atoms with van der Waals surface area (Å²) in [5.74, 6) is 1.07. The monoisotopic (exact) mass is 408 g/mol. The molecule has 0 radical (unpaired) electrons. The highest BCUT2D eigenvalue weighted by atomic mass is 32.1. The number of amides is 1. The lowest BCUT2D eigenvalue weighted by Crippen LogP contribution is -2.43. The van der Waals surface area contributed by atoms with E-state index in [1.807, 2.05) is 6.07 Å². The lowest BCUT2D eigenvalue weighted by molar-refractivity contribution is -0.134. The Morgan fingerprint density at radius 2 is 2.07 bits per heavy atom. The molecular weight excluding hydrogens is 380 g/mol. The minimum atomic E-state index is 0.249. The Morgan fingerprint density at radius 1 is 1.24 bits per heavy atom. The molecule has 4 rings (SSSR count). The number of carbonyl (C=O) groups is 1. The van der Waals surface area contributed by atoms with E-state index in [0.29, 0.717) is 19.0 Å². The Kier molecular flexibility index (Phi) is 6.09. The molecule has 6 heteroatoms. The van der Waals surface area contributed by atoms with Gasteiger partial charge in [0.25, 0.3) is 0 Å². The quantitative estimate of drug-likeness (QED) is 0.604. The topological polar surface area (TPSA) is 58.1 Å². The molecule has 0 aliphatic carbocycles. The maximum atomic E-state index is 12.8. The smallest absolute Gasteiger partial charge is 0.224 e. The largest absolute Gasteiger partial charge is 0.369 e. The summed E-state index contributed by atoms with van der Waals surface area (Å²) in [6, 6.07) is 10.8. The van der Waals surface area contributed by atoms with Crippen LogP contribution in [-0.2, 0) is 4.79 Å². The highest BCUT2D eigenvalue weighted by molar-refractivity contribution is 7.19. The molecule has 152 valence electrons. The second-order valence-electron chi connectivity index (χ2n) is 7.62. The fraction of sp³-hybridized carbons (Fsp3) is 0.435. The lowest BCUT2D eigenvalue weighted by Gasteiger charge is -2.35. The van der Waals surface area contributed by atoms with Crippen LogP contribution in [0, 0.1) is 6.92 Å². The molecule has 1 N–H and O–H groups in total. The summed E-state index contributed by atoms with van der Waals surface area (Å²) >= 11 is 1.69. The van der Waals surface area contributed by atoms with E-state index >= 15 is 0 Å². The van der Waals surface area contributed by atoms with Crippen molar-refractivity contribution in [2.24, 2.45) is 0 Å². The summed E-state index contributed by atoms with van der Waals surface area (Å²) < 4.78 is 0. The van der Waals surface area contributed by atoms with E-state index in [4.69, 9.17) is 0 Å². The van der Waals surface area contributed by atoms with Crippen molar-refractivity contribution in [3.8, 4) is 11.1 Å². The number of hydrogen-bond donors (Lipinski definition) is 1. The van der Waals surface area contributed by atoms with Gasteiger partial charge >= 0.3 is 0 Å². The predicted octanol–water partition coefficient (Wildman–Crippen LogP) is 5.26. The summed E-state index contributed by atoms with van der Waals surface area (Å²) in [7, 11) is 0. The number of aryl methyl sites for hydroxylation is 1. The lowest BCUT2D eigenvalue weighted by atomic mass is 9.99. The molecule has 1 aromatic carbocycles. The molecule has 1 aliphatic heterocycles. The molecule has 1 fully saturated rings. The second-order valence-corrected chi connectivity index (χ2v) is 8.83. The zero-order valence-corrected chi connectivity index (χ0v) is 18.0. The molecule has 5 nitrogen and oxygen atoms in total. The molecule has 0 saturated carbocycles. The standard InChI is InChI=1S/C23H28N4OS/c1-3-18-11-7-8-14-27(18)19(28)12-13-24-22-21-20(17-9-5-4-6-10-17)16(2)29-23(21)26-15-25-22/h4-6,9-10,15,18H,3,7-8,11-14H2,1-2H3,(H,24,25,26). The summed E-state index contributed by atoms with van der Waals surface area (Å²) in [6.07, 6.45) is 6.63. The molecule has 3 aromatic rings. The first kappa shape index (κ1) is 19.8. The van der Waals surface area contributed by atoms with Gasteiger partial charge in [-0.2, -0.15) is 0 Å². The third-order valence-electron chi connectivity index (χ3n) is 5.78. The van der Waals surface area contributed by atoms with Crippen molar-refractivity contribution in [2.75, 3.05) is 18.4 Å². The molecule has 1 unspecified atom stereocenters. The second kappa shape index (κ2) is 8.91. The number of hydrogen-bond acceptors (Lipinski definition) is 5. The van der Waals surface area contributed by atoms with Gasteiger partial charge in [-0.3, -0.25) is 4.79 Å². The van der Waals surface area contributed by atoms with Gasteiger partial charge in [0.2, 0.25) is 5.91 Å². The Morgan fingerprint density at radius 3 is 2.86 bits per heavy atom. The van der Waals surface area contributed by atoms with E-state index in [0.717, 1.165) is 41.8 Å². The number of fused-ring (bicyclic) bond motifs is 1. The maximum Gasteiger partial charge on any atom is 0.224 e. The number of likely N-dealkylation sites (tertiary alicyclic amines) is 1. The van der Waals surface area contributed by atoms with Crippen LogP contribution in [0.4, 0.5) is 5.82 Å². The third kappa shape index (κ3) is 4.13. The number of carbonyl (C=O) groups excluding carboxylic acids is 1. The summed E-state index contributed by atoms with van der Waals surface area (Å²) in [5, 5.41) is 4.48. The molecule has 2 aromatic heterocycles. The average Bonchev–Trinajstić information content (AvgIpc) is 3.10. The van der Waals surface area contributed by atoms with Crippen LogP contribution in [0.3, 0.4) is 0 Å². The van der Waals surface area contributed by atoms with Gasteiger partial charge in [-0.25, -0.2) is 9.97 Å². The Hall–Kier alpha value is -2.47. The number of benzene rings is 1. The minimum absolute atomic E-state index is 0.249. The van der Waals surface area contributed by atoms with Gasteiger partial charge in [0.15, 0.2) is 0 Å². The molecule has 1 amide bonds. The van der Waals surface area contributed by atoms with E-state index < -0.39 is 0 Å². The Bertz CT molecular complexity index is 985. The minimum Gasteiger partial charge on any atom is -0.369 e. The molecule has 1 aliphatic rings. The molecule has 29 heavy (non-hydrogen) atoms. The molecule has 0 spiro atoms. The number of piperidine rings is 1. The van der Waals surface area contributed by atoms with Gasteiger partial charge in [0.05, 0.1) is 5.39 Å². The van der Waals surface area contributed by atoms with Crippen LogP contribution in [0.25, 0.3) is 21.3 Å². The van der Waals surface area contributed by atoms with Crippen molar-refractivity contribution in [3.05, 3.63) is 41.5 Å². The maximum absolute atomic E-state index is 12.8. The fourth-order valence-corrected chi connectivity index (χ4v) is 5.33. The Balaban J connectivity index is 1.52. The van der Waals surface area contributed by atoms with Crippen molar-refractivity contribution in [3.63, 3.8) is 0 Å². The van der Waals surface area contributed by atoms with Crippen molar-refractivity contribution in [1.29, 1.82) is 0 Å².